The van der Waals surface area contributed by atoms with E-state index >= 15 is 0 Å². The third kappa shape index (κ3) is 6.02. The highest BCUT2D eigenvalue weighted by Crippen LogP contribution is 2.23. The van der Waals surface area contributed by atoms with E-state index < -0.39 is 16.1 Å². The average Bonchev–Trinajstić information content (AvgIpc) is 2.74. The van der Waals surface area contributed by atoms with Crippen LogP contribution in [-0.2, 0) is 14.8 Å². The minimum Gasteiger partial charge on any atom is -0.480 e. The molecule has 0 aliphatic carbocycles. The number of nitrogens with one attached hydrogen (secondary N) is 2. The van der Waals surface area contributed by atoms with Crippen molar-refractivity contribution in [2.75, 3.05) is 10.0 Å². The number of sulfonamides is 1. The summed E-state index contributed by atoms with van der Waals surface area (Å²) in [6.07, 6.45) is -0.196. The summed E-state index contributed by atoms with van der Waals surface area (Å²) in [5, 5.41) is 3.21. The molecule has 0 aliphatic heterocycles. The molecule has 1 amide bonds. The lowest BCUT2D eigenvalue weighted by molar-refractivity contribution is -0.122. The van der Waals surface area contributed by atoms with Crippen molar-refractivity contribution in [2.45, 2.75) is 38.2 Å². The van der Waals surface area contributed by atoms with Gasteiger partial charge < -0.3 is 10.1 Å². The Kier molecular flexibility index (Phi) is 7.43. The Morgan fingerprint density at radius 3 is 2.38 bits per heavy atom. The highest BCUT2D eigenvalue weighted by Gasteiger charge is 2.20. The molecule has 2 N–H and O–H groups in total. The minimum absolute atomic E-state index is 0.0640. The quantitative estimate of drug-likeness (QED) is 0.450. The highest BCUT2D eigenvalue weighted by atomic mass is 35.5. The lowest BCUT2D eigenvalue weighted by Gasteiger charge is -2.19. The molecule has 8 heteroatoms. The molecule has 0 aromatic heterocycles. The number of amides is 1. The average molecular weight is 473 g/mol. The van der Waals surface area contributed by atoms with Gasteiger partial charge in [0.25, 0.3) is 15.9 Å². The molecular weight excluding hydrogens is 448 g/mol. The molecule has 0 aliphatic rings. The van der Waals surface area contributed by atoms with Crippen LogP contribution in [0.25, 0.3) is 0 Å². The first kappa shape index (κ1) is 23.6. The van der Waals surface area contributed by atoms with Crippen LogP contribution in [-0.4, -0.2) is 20.4 Å². The number of ether oxygens (including phenoxy) is 1. The van der Waals surface area contributed by atoms with Crippen molar-refractivity contribution in [1.29, 1.82) is 0 Å². The van der Waals surface area contributed by atoms with Crippen molar-refractivity contribution in [3.63, 3.8) is 0 Å². The molecule has 3 aromatic rings. The summed E-state index contributed by atoms with van der Waals surface area (Å²) >= 11 is 5.91. The first-order valence-corrected chi connectivity index (χ1v) is 12.0. The lowest BCUT2D eigenvalue weighted by atomic mass is 10.1. The van der Waals surface area contributed by atoms with Crippen molar-refractivity contribution in [3.8, 4) is 5.75 Å². The Morgan fingerprint density at radius 1 is 1.00 bits per heavy atom. The van der Waals surface area contributed by atoms with Crippen molar-refractivity contribution in [3.05, 3.63) is 82.9 Å². The maximum atomic E-state index is 12.7. The monoisotopic (exact) mass is 472 g/mol. The molecule has 0 unspecified atom stereocenters. The normalized spacial score (nSPS) is 12.1. The van der Waals surface area contributed by atoms with Gasteiger partial charge in [-0.05, 0) is 79.9 Å². The van der Waals surface area contributed by atoms with Crippen molar-refractivity contribution < 1.29 is 17.9 Å². The van der Waals surface area contributed by atoms with Crippen LogP contribution in [0, 0.1) is 13.8 Å². The SMILES string of the molecule is CC[C@H](Oc1cc(C)ccc1C)C(=O)Nc1ccc(S(=O)(=O)Nc2cccc(Cl)c2)cc1. The van der Waals surface area contributed by atoms with Crippen LogP contribution in [0.4, 0.5) is 11.4 Å². The summed E-state index contributed by atoms with van der Waals surface area (Å²) in [5.74, 6) is 0.363. The summed E-state index contributed by atoms with van der Waals surface area (Å²) < 4.78 is 33.6. The Hall–Kier alpha value is -3.03. The first-order valence-electron chi connectivity index (χ1n) is 10.1. The van der Waals surface area contributed by atoms with Crippen molar-refractivity contribution in [1.82, 2.24) is 0 Å². The van der Waals surface area contributed by atoms with Gasteiger partial charge in [0.2, 0.25) is 0 Å². The molecular formula is C24H25ClN2O4S. The van der Waals surface area contributed by atoms with Gasteiger partial charge in [0, 0.05) is 10.7 Å². The zero-order valence-electron chi connectivity index (χ0n) is 18.1. The van der Waals surface area contributed by atoms with Crippen LogP contribution in [0.1, 0.15) is 24.5 Å². The number of carbonyl (C=O) groups excluding carboxylic acids is 1. The number of benzene rings is 3. The molecule has 3 aromatic carbocycles. The standard InChI is InChI=1S/C24H25ClN2O4S/c1-4-22(31-23-14-16(2)8-9-17(23)3)24(28)26-19-10-12-21(13-11-19)32(29,30)27-20-7-5-6-18(25)15-20/h5-15,22,27H,4H2,1-3H3,(H,26,28)/t22-/m0/s1. The second kappa shape index (κ2) is 10.1. The molecule has 0 bridgehead atoms. The van der Waals surface area contributed by atoms with Crippen LogP contribution in [0.15, 0.2) is 71.6 Å². The van der Waals surface area contributed by atoms with Crippen LogP contribution >= 0.6 is 11.6 Å². The molecule has 1 atom stereocenters. The van der Waals surface area contributed by atoms with E-state index in [9.17, 15) is 13.2 Å². The van der Waals surface area contributed by atoms with Gasteiger partial charge in [-0.25, -0.2) is 8.42 Å². The van der Waals surface area contributed by atoms with Gasteiger partial charge in [0.05, 0.1) is 10.6 Å². The molecule has 0 fully saturated rings. The third-order valence-electron chi connectivity index (χ3n) is 4.79. The molecule has 0 radical (unpaired) electrons. The summed E-state index contributed by atoms with van der Waals surface area (Å²) in [5.41, 5.74) is 2.83. The van der Waals surface area contributed by atoms with Crippen molar-refractivity contribution >= 4 is 38.9 Å². The third-order valence-corrected chi connectivity index (χ3v) is 6.42. The van der Waals surface area contributed by atoms with Gasteiger partial charge in [-0.3, -0.25) is 9.52 Å². The number of rotatable bonds is 8. The topological polar surface area (TPSA) is 84.5 Å². The maximum absolute atomic E-state index is 12.7. The smallest absolute Gasteiger partial charge is 0.265 e. The molecule has 3 rings (SSSR count). The van der Waals surface area contributed by atoms with Crippen LogP contribution < -0.4 is 14.8 Å². The Bertz CT molecular complexity index is 1210. The fourth-order valence-corrected chi connectivity index (χ4v) is 4.26. The molecule has 0 heterocycles. The molecule has 32 heavy (non-hydrogen) atoms. The van der Waals surface area contributed by atoms with Gasteiger partial charge in [0.1, 0.15) is 5.75 Å². The van der Waals surface area contributed by atoms with Crippen molar-refractivity contribution in [2.24, 2.45) is 0 Å². The van der Waals surface area contributed by atoms with E-state index in [-0.39, 0.29) is 10.8 Å². The second-order valence-electron chi connectivity index (χ2n) is 7.41. The molecule has 0 saturated heterocycles. The van der Waals surface area contributed by atoms with Gasteiger partial charge >= 0.3 is 0 Å². The largest absolute Gasteiger partial charge is 0.480 e. The minimum atomic E-state index is -3.79. The second-order valence-corrected chi connectivity index (χ2v) is 9.53. The molecule has 168 valence electrons. The maximum Gasteiger partial charge on any atom is 0.265 e. The van der Waals surface area contributed by atoms with E-state index in [2.05, 4.69) is 10.0 Å². The fourth-order valence-electron chi connectivity index (χ4n) is 3.02. The summed E-state index contributed by atoms with van der Waals surface area (Å²) in [6.45, 7) is 5.76. The Labute approximate surface area is 193 Å². The number of halogens is 1. The number of hydrogen-bond donors (Lipinski definition) is 2. The summed E-state index contributed by atoms with van der Waals surface area (Å²) in [4.78, 5) is 12.8. The van der Waals surface area contributed by atoms with Gasteiger partial charge in [-0.15, -0.1) is 0 Å². The van der Waals surface area contributed by atoms with Gasteiger partial charge in [-0.1, -0.05) is 36.7 Å². The van der Waals surface area contributed by atoms with Crippen LogP contribution in [0.2, 0.25) is 5.02 Å². The van der Waals surface area contributed by atoms with Crippen LogP contribution in [0.3, 0.4) is 0 Å². The highest BCUT2D eigenvalue weighted by molar-refractivity contribution is 7.92. The Balaban J connectivity index is 1.68. The molecule has 6 nitrogen and oxygen atoms in total. The van der Waals surface area contributed by atoms with E-state index in [4.69, 9.17) is 16.3 Å². The number of aryl methyl sites for hydroxylation is 2. The van der Waals surface area contributed by atoms with Gasteiger partial charge in [0.15, 0.2) is 6.10 Å². The number of hydrogen-bond acceptors (Lipinski definition) is 4. The van der Waals surface area contributed by atoms with E-state index in [0.29, 0.717) is 28.6 Å². The van der Waals surface area contributed by atoms with Gasteiger partial charge in [-0.2, -0.15) is 0 Å². The van der Waals surface area contributed by atoms with E-state index in [1.165, 1.54) is 30.3 Å². The van der Waals surface area contributed by atoms with E-state index in [0.717, 1.165) is 11.1 Å². The van der Waals surface area contributed by atoms with Crippen LogP contribution in [0.5, 0.6) is 5.75 Å². The molecule has 0 saturated carbocycles. The fraction of sp³-hybridized carbons (Fsp3) is 0.208. The predicted octanol–water partition coefficient (Wildman–Crippen LogP) is 5.55. The summed E-state index contributed by atoms with van der Waals surface area (Å²) in [7, 11) is -3.79. The predicted molar refractivity (Wildman–Crippen MR) is 128 cm³/mol. The van der Waals surface area contributed by atoms with E-state index in [1.807, 2.05) is 39.0 Å². The van der Waals surface area contributed by atoms with E-state index in [1.54, 1.807) is 18.2 Å². The lowest BCUT2D eigenvalue weighted by Crippen LogP contribution is -2.32. The summed E-state index contributed by atoms with van der Waals surface area (Å²) in [6, 6.07) is 18.2. The zero-order valence-corrected chi connectivity index (χ0v) is 19.6. The number of carbonyl (C=O) groups is 1. The molecule has 0 spiro atoms. The Morgan fingerprint density at radius 2 is 1.72 bits per heavy atom. The number of anilines is 2. The first-order chi connectivity index (χ1) is 15.2. The zero-order chi connectivity index (χ0) is 23.3.